The molecule has 2 rings (SSSR count). The number of rotatable bonds is 4. The molecule has 0 saturated heterocycles. The van der Waals surface area contributed by atoms with Crippen LogP contribution >= 0.6 is 0 Å². The number of ether oxygens (including phenoxy) is 1. The first-order valence-electron chi connectivity index (χ1n) is 7.52. The van der Waals surface area contributed by atoms with E-state index in [1.165, 1.54) is 7.11 Å². The topological polar surface area (TPSA) is 55.4 Å². The van der Waals surface area contributed by atoms with Gasteiger partial charge in [0.15, 0.2) is 0 Å². The third-order valence-electron chi connectivity index (χ3n) is 3.54. The molecule has 0 bridgehead atoms. The Hall–Kier alpha value is -2.62. The van der Waals surface area contributed by atoms with Crippen molar-refractivity contribution in [3.8, 4) is 11.1 Å². The van der Waals surface area contributed by atoms with E-state index in [2.05, 4.69) is 5.32 Å². The van der Waals surface area contributed by atoms with Gasteiger partial charge in [0.2, 0.25) is 0 Å². The summed E-state index contributed by atoms with van der Waals surface area (Å²) in [4.78, 5) is 23.7. The molecule has 0 fully saturated rings. The highest BCUT2D eigenvalue weighted by Crippen LogP contribution is 2.25. The second-order valence-corrected chi connectivity index (χ2v) is 5.73. The van der Waals surface area contributed by atoms with E-state index in [-0.39, 0.29) is 17.9 Å². The first-order valence-corrected chi connectivity index (χ1v) is 7.52. The molecule has 4 heteroatoms. The maximum Gasteiger partial charge on any atom is 0.337 e. The molecule has 2 aromatic rings. The van der Waals surface area contributed by atoms with Gasteiger partial charge in [-0.3, -0.25) is 4.79 Å². The number of hydrogen-bond donors (Lipinski definition) is 1. The van der Waals surface area contributed by atoms with Crippen molar-refractivity contribution in [3.05, 3.63) is 59.2 Å². The minimum atomic E-state index is -0.363. The Morgan fingerprint density at radius 3 is 2.17 bits per heavy atom. The van der Waals surface area contributed by atoms with E-state index >= 15 is 0 Å². The summed E-state index contributed by atoms with van der Waals surface area (Å²) in [6, 6.07) is 12.9. The minimum Gasteiger partial charge on any atom is -0.465 e. The van der Waals surface area contributed by atoms with Gasteiger partial charge in [0.25, 0.3) is 5.91 Å². The number of carbonyl (C=O) groups is 2. The van der Waals surface area contributed by atoms with Gasteiger partial charge in [0, 0.05) is 11.6 Å². The lowest BCUT2D eigenvalue weighted by atomic mass is 9.97. The van der Waals surface area contributed by atoms with Crippen LogP contribution in [-0.4, -0.2) is 25.0 Å². The van der Waals surface area contributed by atoms with Crippen LogP contribution in [0.15, 0.2) is 42.5 Å². The molecule has 4 nitrogen and oxygen atoms in total. The van der Waals surface area contributed by atoms with Crippen molar-refractivity contribution in [2.75, 3.05) is 7.11 Å². The Morgan fingerprint density at radius 1 is 1.00 bits per heavy atom. The van der Waals surface area contributed by atoms with E-state index in [1.807, 2.05) is 51.1 Å². The molecule has 0 saturated carbocycles. The molecular formula is C19H21NO3. The van der Waals surface area contributed by atoms with Crippen LogP contribution < -0.4 is 5.32 Å². The molecule has 1 N–H and O–H groups in total. The van der Waals surface area contributed by atoms with Crippen molar-refractivity contribution >= 4 is 11.9 Å². The van der Waals surface area contributed by atoms with Gasteiger partial charge < -0.3 is 10.1 Å². The van der Waals surface area contributed by atoms with Crippen molar-refractivity contribution < 1.29 is 14.3 Å². The predicted octanol–water partition coefficient (Wildman–Crippen LogP) is 3.59. The van der Waals surface area contributed by atoms with Crippen LogP contribution in [0, 0.1) is 6.92 Å². The zero-order valence-electron chi connectivity index (χ0n) is 13.8. The SMILES string of the molecule is COC(=O)c1ccc(-c2cc(C(=O)NC(C)C)ccc2C)cc1. The van der Waals surface area contributed by atoms with Crippen molar-refractivity contribution in [2.24, 2.45) is 0 Å². The van der Waals surface area contributed by atoms with Gasteiger partial charge in [0.1, 0.15) is 0 Å². The summed E-state index contributed by atoms with van der Waals surface area (Å²) in [6.07, 6.45) is 0. The third-order valence-corrected chi connectivity index (χ3v) is 3.54. The standard InChI is InChI=1S/C19H21NO3/c1-12(2)20-18(21)16-6-5-13(3)17(11-16)14-7-9-15(10-8-14)19(22)23-4/h5-12H,1-4H3,(H,20,21). The summed E-state index contributed by atoms with van der Waals surface area (Å²) in [5.74, 6) is -0.453. The van der Waals surface area contributed by atoms with Crippen LogP contribution in [0.1, 0.15) is 40.1 Å². The van der Waals surface area contributed by atoms with Gasteiger partial charge in [-0.2, -0.15) is 0 Å². The summed E-state index contributed by atoms with van der Waals surface area (Å²) in [6.45, 7) is 5.85. The fourth-order valence-corrected chi connectivity index (χ4v) is 2.32. The highest BCUT2D eigenvalue weighted by Gasteiger charge is 2.11. The highest BCUT2D eigenvalue weighted by molar-refractivity contribution is 5.96. The normalized spacial score (nSPS) is 10.5. The van der Waals surface area contributed by atoms with Crippen LogP contribution in [0.5, 0.6) is 0 Å². The monoisotopic (exact) mass is 311 g/mol. The lowest BCUT2D eigenvalue weighted by Crippen LogP contribution is -2.30. The maximum absolute atomic E-state index is 12.2. The van der Waals surface area contributed by atoms with E-state index in [1.54, 1.807) is 12.1 Å². The van der Waals surface area contributed by atoms with Gasteiger partial charge in [0.05, 0.1) is 12.7 Å². The molecule has 0 heterocycles. The van der Waals surface area contributed by atoms with Crippen molar-refractivity contribution in [2.45, 2.75) is 26.8 Å². The molecule has 0 aliphatic rings. The van der Waals surface area contributed by atoms with E-state index in [0.29, 0.717) is 11.1 Å². The van der Waals surface area contributed by atoms with Crippen molar-refractivity contribution in [1.29, 1.82) is 0 Å². The average Bonchev–Trinajstić information content (AvgIpc) is 2.54. The smallest absolute Gasteiger partial charge is 0.337 e. The Labute approximate surface area is 136 Å². The maximum atomic E-state index is 12.2. The van der Waals surface area contributed by atoms with E-state index in [0.717, 1.165) is 16.7 Å². The first kappa shape index (κ1) is 16.7. The minimum absolute atomic E-state index is 0.0894. The van der Waals surface area contributed by atoms with Gasteiger partial charge >= 0.3 is 5.97 Å². The van der Waals surface area contributed by atoms with Gasteiger partial charge in [-0.15, -0.1) is 0 Å². The highest BCUT2D eigenvalue weighted by atomic mass is 16.5. The predicted molar refractivity (Wildman–Crippen MR) is 90.6 cm³/mol. The molecule has 120 valence electrons. The Morgan fingerprint density at radius 2 is 1.61 bits per heavy atom. The Balaban J connectivity index is 2.35. The van der Waals surface area contributed by atoms with Crippen LogP contribution in [0.25, 0.3) is 11.1 Å². The van der Waals surface area contributed by atoms with E-state index in [4.69, 9.17) is 4.74 Å². The number of carbonyl (C=O) groups excluding carboxylic acids is 2. The van der Waals surface area contributed by atoms with Gasteiger partial charge in [-0.05, 0) is 61.7 Å². The average molecular weight is 311 g/mol. The molecule has 0 aromatic heterocycles. The molecule has 0 aliphatic heterocycles. The second-order valence-electron chi connectivity index (χ2n) is 5.73. The molecule has 0 radical (unpaired) electrons. The third kappa shape index (κ3) is 3.97. The molecule has 23 heavy (non-hydrogen) atoms. The summed E-state index contributed by atoms with van der Waals surface area (Å²) in [5, 5.41) is 2.89. The van der Waals surface area contributed by atoms with Crippen LogP contribution in [0.2, 0.25) is 0 Å². The van der Waals surface area contributed by atoms with Crippen LogP contribution in [0.3, 0.4) is 0 Å². The number of benzene rings is 2. The summed E-state index contributed by atoms with van der Waals surface area (Å²) >= 11 is 0. The number of nitrogens with one attached hydrogen (secondary N) is 1. The Kier molecular flexibility index (Phi) is 5.16. The largest absolute Gasteiger partial charge is 0.465 e. The van der Waals surface area contributed by atoms with Crippen molar-refractivity contribution in [3.63, 3.8) is 0 Å². The lowest BCUT2D eigenvalue weighted by Gasteiger charge is -2.12. The zero-order chi connectivity index (χ0) is 17.0. The molecule has 0 aliphatic carbocycles. The fraction of sp³-hybridized carbons (Fsp3) is 0.263. The number of hydrogen-bond acceptors (Lipinski definition) is 3. The van der Waals surface area contributed by atoms with E-state index in [9.17, 15) is 9.59 Å². The quantitative estimate of drug-likeness (QED) is 0.878. The number of esters is 1. The van der Waals surface area contributed by atoms with Gasteiger partial charge in [-0.1, -0.05) is 18.2 Å². The Bertz CT molecular complexity index is 718. The van der Waals surface area contributed by atoms with E-state index < -0.39 is 0 Å². The lowest BCUT2D eigenvalue weighted by molar-refractivity contribution is 0.0600. The number of aryl methyl sites for hydroxylation is 1. The summed E-state index contributed by atoms with van der Waals surface area (Å²) in [5.41, 5.74) is 4.11. The molecule has 1 amide bonds. The number of methoxy groups -OCH3 is 1. The molecule has 0 unspecified atom stereocenters. The summed E-state index contributed by atoms with van der Waals surface area (Å²) in [7, 11) is 1.36. The molecule has 0 atom stereocenters. The fourth-order valence-electron chi connectivity index (χ4n) is 2.32. The molecule has 0 spiro atoms. The zero-order valence-corrected chi connectivity index (χ0v) is 13.8. The van der Waals surface area contributed by atoms with Crippen molar-refractivity contribution in [1.82, 2.24) is 5.32 Å². The van der Waals surface area contributed by atoms with Crippen LogP contribution in [-0.2, 0) is 4.74 Å². The molecule has 2 aromatic carbocycles. The first-order chi connectivity index (χ1) is 10.9. The molecular weight excluding hydrogens is 290 g/mol. The van der Waals surface area contributed by atoms with Gasteiger partial charge in [-0.25, -0.2) is 4.79 Å². The van der Waals surface area contributed by atoms with Crippen LogP contribution in [0.4, 0.5) is 0 Å². The number of amides is 1. The second kappa shape index (κ2) is 7.09. The summed E-state index contributed by atoms with van der Waals surface area (Å²) < 4.78 is 4.70.